The van der Waals surface area contributed by atoms with Crippen LogP contribution in [0.4, 0.5) is 13.2 Å². The van der Waals surface area contributed by atoms with Gasteiger partial charge in [0.25, 0.3) is 0 Å². The predicted molar refractivity (Wildman–Crippen MR) is 71.3 cm³/mol. The van der Waals surface area contributed by atoms with Crippen molar-refractivity contribution >= 4 is 0 Å². The van der Waals surface area contributed by atoms with Crippen LogP contribution in [0.15, 0.2) is 24.3 Å². The van der Waals surface area contributed by atoms with Gasteiger partial charge in [-0.25, -0.2) is 0 Å². The molecule has 1 aliphatic rings. The van der Waals surface area contributed by atoms with E-state index in [0.29, 0.717) is 12.0 Å². The van der Waals surface area contributed by atoms with Gasteiger partial charge in [-0.3, -0.25) is 0 Å². The van der Waals surface area contributed by atoms with E-state index in [2.05, 4.69) is 0 Å². The van der Waals surface area contributed by atoms with Gasteiger partial charge in [0, 0.05) is 12.6 Å². The normalized spacial score (nSPS) is 21.1. The summed E-state index contributed by atoms with van der Waals surface area (Å²) in [6, 6.07) is 5.28. The molecule has 0 saturated carbocycles. The smallest absolute Gasteiger partial charge is 0.378 e. The second-order valence-corrected chi connectivity index (χ2v) is 5.37. The fraction of sp³-hybridized carbons (Fsp3) is 0.600. The van der Waals surface area contributed by atoms with Crippen LogP contribution in [-0.4, -0.2) is 18.8 Å². The lowest BCUT2D eigenvalue weighted by atomic mass is 9.99. The van der Waals surface area contributed by atoms with Crippen LogP contribution in [-0.2, 0) is 17.3 Å². The van der Waals surface area contributed by atoms with Crippen LogP contribution in [0.1, 0.15) is 36.8 Å². The Bertz CT molecular complexity index is 427. The number of hydrogen-bond donors (Lipinski definition) is 1. The second-order valence-electron chi connectivity index (χ2n) is 5.37. The van der Waals surface area contributed by atoms with Crippen molar-refractivity contribution in [3.05, 3.63) is 35.4 Å². The maximum Gasteiger partial charge on any atom is 0.416 e. The first kappa shape index (κ1) is 15.3. The van der Waals surface area contributed by atoms with Crippen molar-refractivity contribution in [2.75, 3.05) is 6.61 Å². The molecule has 0 spiro atoms. The maximum absolute atomic E-state index is 12.6. The standard InChI is InChI=1S/C15H20F3NO/c16-15(17,18)12-4-1-3-11(9-12)10-13(19)6-7-14-5-2-8-20-14/h1,3-4,9,13-14H,2,5-8,10,19H2. The SMILES string of the molecule is NC(CCC1CCCO1)Cc1cccc(C(F)(F)F)c1. The number of ether oxygens (including phenoxy) is 1. The fourth-order valence-electron chi connectivity index (χ4n) is 2.55. The topological polar surface area (TPSA) is 35.2 Å². The summed E-state index contributed by atoms with van der Waals surface area (Å²) in [7, 11) is 0. The molecule has 1 aromatic carbocycles. The molecular weight excluding hydrogens is 267 g/mol. The third-order valence-electron chi connectivity index (χ3n) is 3.64. The van der Waals surface area contributed by atoms with Crippen LogP contribution in [0.5, 0.6) is 0 Å². The Labute approximate surface area is 117 Å². The van der Waals surface area contributed by atoms with Gasteiger partial charge in [0.05, 0.1) is 11.7 Å². The molecule has 0 amide bonds. The molecule has 0 bridgehead atoms. The van der Waals surface area contributed by atoms with Crippen LogP contribution in [0.25, 0.3) is 0 Å². The first-order chi connectivity index (χ1) is 9.45. The highest BCUT2D eigenvalue weighted by Gasteiger charge is 2.30. The zero-order valence-electron chi connectivity index (χ0n) is 11.3. The Morgan fingerprint density at radius 2 is 2.15 bits per heavy atom. The largest absolute Gasteiger partial charge is 0.416 e. The number of halogens is 3. The van der Waals surface area contributed by atoms with Gasteiger partial charge in [0.1, 0.15) is 0 Å². The molecule has 2 N–H and O–H groups in total. The van der Waals surface area contributed by atoms with E-state index in [1.54, 1.807) is 6.07 Å². The Morgan fingerprint density at radius 1 is 1.35 bits per heavy atom. The van der Waals surface area contributed by atoms with Gasteiger partial charge in [-0.15, -0.1) is 0 Å². The number of alkyl halides is 3. The Balaban J connectivity index is 1.85. The molecule has 112 valence electrons. The van der Waals surface area contributed by atoms with Crippen molar-refractivity contribution in [1.29, 1.82) is 0 Å². The predicted octanol–water partition coefficient (Wildman–Crippen LogP) is 3.53. The zero-order chi connectivity index (χ0) is 14.6. The average Bonchev–Trinajstić information content (AvgIpc) is 2.89. The van der Waals surface area contributed by atoms with Gasteiger partial charge in [-0.05, 0) is 43.7 Å². The van der Waals surface area contributed by atoms with Crippen LogP contribution < -0.4 is 5.73 Å². The minimum atomic E-state index is -4.29. The molecule has 20 heavy (non-hydrogen) atoms. The second kappa shape index (κ2) is 6.59. The van der Waals surface area contributed by atoms with E-state index >= 15 is 0 Å². The summed E-state index contributed by atoms with van der Waals surface area (Å²) in [4.78, 5) is 0. The van der Waals surface area contributed by atoms with Crippen LogP contribution in [0, 0.1) is 0 Å². The quantitative estimate of drug-likeness (QED) is 0.899. The lowest BCUT2D eigenvalue weighted by Gasteiger charge is -2.15. The fourth-order valence-corrected chi connectivity index (χ4v) is 2.55. The molecule has 5 heteroatoms. The van der Waals surface area contributed by atoms with E-state index in [1.165, 1.54) is 12.1 Å². The summed E-state index contributed by atoms with van der Waals surface area (Å²) in [6.45, 7) is 0.813. The van der Waals surface area contributed by atoms with Crippen molar-refractivity contribution in [2.45, 2.75) is 50.4 Å². The van der Waals surface area contributed by atoms with Gasteiger partial charge >= 0.3 is 6.18 Å². The van der Waals surface area contributed by atoms with Gasteiger partial charge in [0.15, 0.2) is 0 Å². The third-order valence-corrected chi connectivity index (χ3v) is 3.64. The van der Waals surface area contributed by atoms with E-state index in [4.69, 9.17) is 10.5 Å². The summed E-state index contributed by atoms with van der Waals surface area (Å²) in [6.07, 6.45) is 0.279. The third kappa shape index (κ3) is 4.49. The summed E-state index contributed by atoms with van der Waals surface area (Å²) in [5.41, 5.74) is 6.03. The molecule has 2 nitrogen and oxygen atoms in total. The summed E-state index contributed by atoms with van der Waals surface area (Å²) < 4.78 is 43.3. The van der Waals surface area contributed by atoms with E-state index in [0.717, 1.165) is 38.4 Å². The Morgan fingerprint density at radius 3 is 2.80 bits per heavy atom. The van der Waals surface area contributed by atoms with Crippen molar-refractivity contribution in [1.82, 2.24) is 0 Å². The van der Waals surface area contributed by atoms with Gasteiger partial charge in [-0.2, -0.15) is 13.2 Å². The monoisotopic (exact) mass is 287 g/mol. The highest BCUT2D eigenvalue weighted by atomic mass is 19.4. The van der Waals surface area contributed by atoms with E-state index in [9.17, 15) is 13.2 Å². The van der Waals surface area contributed by atoms with Gasteiger partial charge in [-0.1, -0.05) is 18.2 Å². The van der Waals surface area contributed by atoms with E-state index in [-0.39, 0.29) is 12.1 Å². The highest BCUT2D eigenvalue weighted by Crippen LogP contribution is 2.29. The lowest BCUT2D eigenvalue weighted by molar-refractivity contribution is -0.137. The maximum atomic E-state index is 12.6. The molecule has 0 radical (unpaired) electrons. The zero-order valence-corrected chi connectivity index (χ0v) is 11.3. The molecule has 2 rings (SSSR count). The number of hydrogen-bond acceptors (Lipinski definition) is 2. The molecular formula is C15H20F3NO. The molecule has 2 unspecified atom stereocenters. The minimum absolute atomic E-state index is 0.123. The molecule has 1 aliphatic heterocycles. The first-order valence-electron chi connectivity index (χ1n) is 6.98. The van der Waals surface area contributed by atoms with E-state index < -0.39 is 11.7 Å². The van der Waals surface area contributed by atoms with Gasteiger partial charge in [0.2, 0.25) is 0 Å². The molecule has 1 fully saturated rings. The van der Waals surface area contributed by atoms with E-state index in [1.807, 2.05) is 0 Å². The Hall–Kier alpha value is -1.07. The highest BCUT2D eigenvalue weighted by molar-refractivity contribution is 5.26. The Kier molecular flexibility index (Phi) is 5.05. The first-order valence-corrected chi connectivity index (χ1v) is 6.98. The summed E-state index contributed by atoms with van der Waals surface area (Å²) in [5, 5.41) is 0. The van der Waals surface area contributed by atoms with Crippen molar-refractivity contribution in [3.63, 3.8) is 0 Å². The number of benzene rings is 1. The minimum Gasteiger partial charge on any atom is -0.378 e. The summed E-state index contributed by atoms with van der Waals surface area (Å²) in [5.74, 6) is 0. The molecule has 1 aromatic rings. The lowest BCUT2D eigenvalue weighted by Crippen LogP contribution is -2.24. The van der Waals surface area contributed by atoms with Crippen molar-refractivity contribution in [2.24, 2.45) is 5.73 Å². The molecule has 1 heterocycles. The molecule has 0 aliphatic carbocycles. The van der Waals surface area contributed by atoms with Crippen LogP contribution in [0.2, 0.25) is 0 Å². The number of nitrogens with two attached hydrogens (primary N) is 1. The summed E-state index contributed by atoms with van der Waals surface area (Å²) >= 11 is 0. The van der Waals surface area contributed by atoms with Crippen LogP contribution in [0.3, 0.4) is 0 Å². The van der Waals surface area contributed by atoms with Crippen molar-refractivity contribution in [3.8, 4) is 0 Å². The van der Waals surface area contributed by atoms with Crippen molar-refractivity contribution < 1.29 is 17.9 Å². The molecule has 0 aromatic heterocycles. The molecule has 1 saturated heterocycles. The average molecular weight is 287 g/mol. The number of rotatable bonds is 5. The van der Waals surface area contributed by atoms with Crippen LogP contribution >= 0.6 is 0 Å². The molecule has 2 atom stereocenters. The van der Waals surface area contributed by atoms with Gasteiger partial charge < -0.3 is 10.5 Å².